The van der Waals surface area contributed by atoms with E-state index in [1.807, 2.05) is 43.3 Å². The molecule has 0 fully saturated rings. The highest BCUT2D eigenvalue weighted by Crippen LogP contribution is 2.32. The van der Waals surface area contributed by atoms with Crippen molar-refractivity contribution in [2.24, 2.45) is 0 Å². The van der Waals surface area contributed by atoms with Gasteiger partial charge in [0.15, 0.2) is 11.6 Å². The molecule has 0 N–H and O–H groups in total. The summed E-state index contributed by atoms with van der Waals surface area (Å²) in [6, 6.07) is 23.2. The molecule has 4 rings (SSSR count). The first-order valence-electron chi connectivity index (χ1n) is 13.1. The largest absolute Gasteiger partial charge is 0.494 e. The molecule has 0 atom stereocenters. The zero-order chi connectivity index (χ0) is 26.2. The summed E-state index contributed by atoms with van der Waals surface area (Å²) in [4.78, 5) is 0. The Morgan fingerprint density at radius 2 is 1.16 bits per heavy atom. The summed E-state index contributed by atoms with van der Waals surface area (Å²) in [5.74, 6) is -1.46. The van der Waals surface area contributed by atoms with Gasteiger partial charge in [-0.1, -0.05) is 86.5 Å². The Kier molecular flexibility index (Phi) is 9.05. The number of hydrogen-bond acceptors (Lipinski definition) is 1. The van der Waals surface area contributed by atoms with Crippen molar-refractivity contribution < 1.29 is 17.9 Å². The minimum Gasteiger partial charge on any atom is -0.494 e. The van der Waals surface area contributed by atoms with Crippen molar-refractivity contribution >= 4 is 0 Å². The second kappa shape index (κ2) is 12.6. The summed E-state index contributed by atoms with van der Waals surface area (Å²) in [6.07, 6.45) is 5.65. The maximum atomic E-state index is 15.1. The maximum absolute atomic E-state index is 15.1. The third-order valence-electron chi connectivity index (χ3n) is 6.70. The van der Waals surface area contributed by atoms with E-state index in [-0.39, 0.29) is 16.9 Å². The van der Waals surface area contributed by atoms with Gasteiger partial charge in [0.05, 0.1) is 6.61 Å². The van der Waals surface area contributed by atoms with Crippen LogP contribution in [0, 0.1) is 17.5 Å². The minimum absolute atomic E-state index is 0.224. The SMILES string of the molecule is CCCCCc1ccc(-c2ccc(-c3ccc(CCc4ccc(OCC)cc4F)cc3)c(F)c2F)cc1. The topological polar surface area (TPSA) is 9.23 Å². The first-order chi connectivity index (χ1) is 18.0. The van der Waals surface area contributed by atoms with E-state index in [9.17, 15) is 4.39 Å². The molecular formula is C33H33F3O. The van der Waals surface area contributed by atoms with Gasteiger partial charge in [-0.25, -0.2) is 13.2 Å². The van der Waals surface area contributed by atoms with Gasteiger partial charge in [-0.2, -0.15) is 0 Å². The van der Waals surface area contributed by atoms with Gasteiger partial charge in [-0.15, -0.1) is 0 Å². The zero-order valence-corrected chi connectivity index (χ0v) is 21.5. The summed E-state index contributed by atoms with van der Waals surface area (Å²) in [5.41, 5.74) is 4.57. The van der Waals surface area contributed by atoms with Crippen LogP contribution < -0.4 is 4.74 Å². The van der Waals surface area contributed by atoms with Crippen LogP contribution in [0.25, 0.3) is 22.3 Å². The number of halogens is 3. The summed E-state index contributed by atoms with van der Waals surface area (Å²) >= 11 is 0. The lowest BCUT2D eigenvalue weighted by Crippen LogP contribution is -1.98. The predicted octanol–water partition coefficient (Wildman–Crippen LogP) is 9.35. The smallest absolute Gasteiger partial charge is 0.167 e. The van der Waals surface area contributed by atoms with E-state index in [0.29, 0.717) is 41.9 Å². The van der Waals surface area contributed by atoms with Crippen molar-refractivity contribution in [2.75, 3.05) is 6.61 Å². The standard InChI is InChI=1S/C33H33F3O/c1-3-5-6-7-23-8-13-25(14-9-23)29-20-21-30(33(36)32(29)35)26-15-10-24(11-16-26)12-17-27-18-19-28(37-4-2)22-31(27)34/h8-11,13-16,18-22H,3-7,12,17H2,1-2H3. The van der Waals surface area contributed by atoms with Crippen LogP contribution in [0.2, 0.25) is 0 Å². The van der Waals surface area contributed by atoms with Gasteiger partial charge in [0, 0.05) is 17.2 Å². The van der Waals surface area contributed by atoms with Crippen LogP contribution in [0.5, 0.6) is 5.75 Å². The van der Waals surface area contributed by atoms with Crippen molar-refractivity contribution in [3.05, 3.63) is 113 Å². The number of benzene rings is 4. The molecule has 4 aromatic rings. The number of rotatable bonds is 11. The van der Waals surface area contributed by atoms with E-state index in [1.54, 1.807) is 36.4 Å². The fourth-order valence-corrected chi connectivity index (χ4v) is 4.54. The van der Waals surface area contributed by atoms with Gasteiger partial charge >= 0.3 is 0 Å². The Morgan fingerprint density at radius 1 is 0.595 bits per heavy atom. The molecule has 37 heavy (non-hydrogen) atoms. The highest BCUT2D eigenvalue weighted by Gasteiger charge is 2.16. The first kappa shape index (κ1) is 26.5. The van der Waals surface area contributed by atoms with Crippen LogP contribution in [0.3, 0.4) is 0 Å². The average molecular weight is 503 g/mol. The van der Waals surface area contributed by atoms with Crippen molar-refractivity contribution in [1.29, 1.82) is 0 Å². The van der Waals surface area contributed by atoms with Gasteiger partial charge in [-0.3, -0.25) is 0 Å². The Labute approximate surface area is 217 Å². The first-order valence-corrected chi connectivity index (χ1v) is 13.1. The molecule has 0 saturated carbocycles. The lowest BCUT2D eigenvalue weighted by molar-refractivity contribution is 0.338. The fourth-order valence-electron chi connectivity index (χ4n) is 4.54. The quantitative estimate of drug-likeness (QED) is 0.186. The summed E-state index contributed by atoms with van der Waals surface area (Å²) < 4.78 is 49.8. The molecule has 1 nitrogen and oxygen atoms in total. The van der Waals surface area contributed by atoms with Crippen LogP contribution in [0.4, 0.5) is 13.2 Å². The molecular weight excluding hydrogens is 469 g/mol. The van der Waals surface area contributed by atoms with Crippen LogP contribution in [0.15, 0.2) is 78.9 Å². The molecule has 4 heteroatoms. The highest BCUT2D eigenvalue weighted by molar-refractivity contribution is 5.72. The monoisotopic (exact) mass is 502 g/mol. The van der Waals surface area contributed by atoms with E-state index in [2.05, 4.69) is 6.92 Å². The molecule has 0 saturated heterocycles. The second-order valence-corrected chi connectivity index (χ2v) is 9.33. The molecule has 4 aromatic carbocycles. The highest BCUT2D eigenvalue weighted by atomic mass is 19.2. The molecule has 0 radical (unpaired) electrons. The second-order valence-electron chi connectivity index (χ2n) is 9.33. The van der Waals surface area contributed by atoms with Crippen LogP contribution in [0.1, 0.15) is 49.8 Å². The Bertz CT molecular complexity index is 1310. The van der Waals surface area contributed by atoms with Crippen LogP contribution in [-0.4, -0.2) is 6.61 Å². The van der Waals surface area contributed by atoms with Gasteiger partial charge < -0.3 is 4.74 Å². The summed E-state index contributed by atoms with van der Waals surface area (Å²) in [7, 11) is 0. The van der Waals surface area contributed by atoms with Crippen molar-refractivity contribution in [1.82, 2.24) is 0 Å². The van der Waals surface area contributed by atoms with Gasteiger partial charge in [0.2, 0.25) is 0 Å². The molecule has 0 bridgehead atoms. The van der Waals surface area contributed by atoms with E-state index in [4.69, 9.17) is 4.74 Å². The zero-order valence-electron chi connectivity index (χ0n) is 21.5. The van der Waals surface area contributed by atoms with E-state index in [1.165, 1.54) is 24.5 Å². The number of aryl methyl sites for hydroxylation is 3. The van der Waals surface area contributed by atoms with E-state index in [0.717, 1.165) is 18.4 Å². The molecule has 0 aliphatic rings. The number of ether oxygens (including phenoxy) is 1. The molecule has 0 aliphatic heterocycles. The Morgan fingerprint density at radius 3 is 1.68 bits per heavy atom. The normalized spacial score (nSPS) is 11.1. The molecule has 0 amide bonds. The maximum Gasteiger partial charge on any atom is 0.167 e. The molecule has 192 valence electrons. The average Bonchev–Trinajstić information content (AvgIpc) is 2.91. The van der Waals surface area contributed by atoms with Gasteiger partial charge in [-0.05, 0) is 66.5 Å². The van der Waals surface area contributed by atoms with Crippen LogP contribution in [-0.2, 0) is 19.3 Å². The van der Waals surface area contributed by atoms with Gasteiger partial charge in [0.25, 0.3) is 0 Å². The molecule has 0 spiro atoms. The van der Waals surface area contributed by atoms with E-state index >= 15 is 8.78 Å². The lowest BCUT2D eigenvalue weighted by Gasteiger charge is -2.11. The number of hydrogen-bond donors (Lipinski definition) is 0. The molecule has 0 heterocycles. The lowest BCUT2D eigenvalue weighted by atomic mass is 9.96. The van der Waals surface area contributed by atoms with Crippen LogP contribution >= 0.6 is 0 Å². The van der Waals surface area contributed by atoms with E-state index < -0.39 is 11.6 Å². The van der Waals surface area contributed by atoms with Crippen molar-refractivity contribution in [3.63, 3.8) is 0 Å². The van der Waals surface area contributed by atoms with Crippen molar-refractivity contribution in [3.8, 4) is 28.0 Å². The van der Waals surface area contributed by atoms with Crippen molar-refractivity contribution in [2.45, 2.75) is 52.4 Å². The number of unbranched alkanes of at least 4 members (excludes halogenated alkanes) is 2. The summed E-state index contributed by atoms with van der Waals surface area (Å²) in [5, 5.41) is 0. The third kappa shape index (κ3) is 6.62. The minimum atomic E-state index is -0.853. The molecule has 0 aliphatic carbocycles. The molecule has 0 aromatic heterocycles. The Balaban J connectivity index is 1.44. The third-order valence-corrected chi connectivity index (χ3v) is 6.70. The predicted molar refractivity (Wildman–Crippen MR) is 145 cm³/mol. The van der Waals surface area contributed by atoms with Gasteiger partial charge in [0.1, 0.15) is 11.6 Å². The summed E-state index contributed by atoms with van der Waals surface area (Å²) in [6.45, 7) is 4.52. The Hall–Kier alpha value is -3.53. The molecule has 0 unspecified atom stereocenters. The fraction of sp³-hybridized carbons (Fsp3) is 0.273.